The van der Waals surface area contributed by atoms with Crippen LogP contribution < -0.4 is 10.1 Å². The van der Waals surface area contributed by atoms with Gasteiger partial charge in [-0.25, -0.2) is 0 Å². The van der Waals surface area contributed by atoms with E-state index < -0.39 is 0 Å². The van der Waals surface area contributed by atoms with Crippen LogP contribution in [0, 0.1) is 0 Å². The van der Waals surface area contributed by atoms with Crippen molar-refractivity contribution in [1.82, 2.24) is 5.32 Å². The largest absolute Gasteiger partial charge is 0.504 e. The van der Waals surface area contributed by atoms with Crippen LogP contribution in [-0.4, -0.2) is 35.7 Å². The summed E-state index contributed by atoms with van der Waals surface area (Å²) in [4.78, 5) is 12.0. The first-order valence-electron chi connectivity index (χ1n) is 5.81. The van der Waals surface area contributed by atoms with Crippen LogP contribution in [0.5, 0.6) is 11.5 Å². The van der Waals surface area contributed by atoms with Gasteiger partial charge in [0.05, 0.1) is 12.7 Å². The number of carbonyl (C=O) groups excluding carboxylic acids is 1. The highest BCUT2D eigenvalue weighted by molar-refractivity contribution is 8.00. The van der Waals surface area contributed by atoms with E-state index in [0.717, 1.165) is 12.8 Å². The highest BCUT2D eigenvalue weighted by Gasteiger charge is 2.42. The quantitative estimate of drug-likeness (QED) is 0.857. The Morgan fingerprint density at radius 3 is 2.83 bits per heavy atom. The summed E-state index contributed by atoms with van der Waals surface area (Å²) < 4.78 is 5.19. The van der Waals surface area contributed by atoms with Crippen LogP contribution >= 0.6 is 11.8 Å². The Kier molecular flexibility index (Phi) is 3.71. The summed E-state index contributed by atoms with van der Waals surface area (Å²) in [6.45, 7) is 0.643. The number of ether oxygens (including phenoxy) is 1. The van der Waals surface area contributed by atoms with Gasteiger partial charge in [0.1, 0.15) is 0 Å². The van der Waals surface area contributed by atoms with E-state index in [1.54, 1.807) is 30.0 Å². The maximum atomic E-state index is 12.0. The Balaban J connectivity index is 2.05. The number of aromatic hydroxyl groups is 1. The fourth-order valence-corrected chi connectivity index (χ4v) is 2.53. The van der Waals surface area contributed by atoms with E-state index >= 15 is 0 Å². The summed E-state index contributed by atoms with van der Waals surface area (Å²) in [6, 6.07) is 4.90. The number of phenols is 1. The molecule has 1 aromatic rings. The fraction of sp³-hybridized carbons (Fsp3) is 0.462. The van der Waals surface area contributed by atoms with Crippen LogP contribution in [0.2, 0.25) is 0 Å². The molecule has 1 aliphatic rings. The van der Waals surface area contributed by atoms with Gasteiger partial charge in [-0.3, -0.25) is 4.79 Å². The van der Waals surface area contributed by atoms with Crippen molar-refractivity contribution < 1.29 is 14.6 Å². The minimum absolute atomic E-state index is 0.105. The van der Waals surface area contributed by atoms with Crippen molar-refractivity contribution >= 4 is 17.7 Å². The van der Waals surface area contributed by atoms with Crippen molar-refractivity contribution in [1.29, 1.82) is 0 Å². The highest BCUT2D eigenvalue weighted by Crippen LogP contribution is 2.46. The summed E-state index contributed by atoms with van der Waals surface area (Å²) >= 11 is 1.79. The molecule has 98 valence electrons. The maximum Gasteiger partial charge on any atom is 0.255 e. The number of benzene rings is 1. The van der Waals surface area contributed by atoms with Gasteiger partial charge in [0, 0.05) is 11.3 Å². The summed E-state index contributed by atoms with van der Waals surface area (Å²) in [5.41, 5.74) is 0.256. The van der Waals surface area contributed by atoms with Crippen molar-refractivity contribution in [3.63, 3.8) is 0 Å². The molecule has 18 heavy (non-hydrogen) atoms. The van der Waals surface area contributed by atoms with Crippen molar-refractivity contribution in [3.05, 3.63) is 23.8 Å². The Morgan fingerprint density at radius 2 is 2.28 bits per heavy atom. The third kappa shape index (κ3) is 2.56. The van der Waals surface area contributed by atoms with Crippen molar-refractivity contribution in [2.75, 3.05) is 19.9 Å². The number of rotatable bonds is 5. The number of hydrogen-bond acceptors (Lipinski definition) is 4. The number of thioether (sulfide) groups is 1. The van der Waals surface area contributed by atoms with Crippen molar-refractivity contribution in [2.24, 2.45) is 0 Å². The summed E-state index contributed by atoms with van der Waals surface area (Å²) in [6.07, 6.45) is 4.33. The van der Waals surface area contributed by atoms with Gasteiger partial charge < -0.3 is 15.2 Å². The molecule has 2 N–H and O–H groups in total. The minimum atomic E-state index is -0.258. The Bertz CT molecular complexity index is 458. The van der Waals surface area contributed by atoms with Gasteiger partial charge in [-0.05, 0) is 31.2 Å². The van der Waals surface area contributed by atoms with Gasteiger partial charge in [-0.15, -0.1) is 0 Å². The molecule has 1 fully saturated rings. The van der Waals surface area contributed by atoms with E-state index in [9.17, 15) is 9.90 Å². The Labute approximate surface area is 111 Å². The van der Waals surface area contributed by atoms with Gasteiger partial charge >= 0.3 is 0 Å². The van der Waals surface area contributed by atoms with Crippen molar-refractivity contribution in [3.8, 4) is 11.5 Å². The zero-order valence-corrected chi connectivity index (χ0v) is 11.3. The molecule has 1 aliphatic carbocycles. The minimum Gasteiger partial charge on any atom is -0.504 e. The molecule has 0 saturated heterocycles. The number of carbonyl (C=O) groups is 1. The highest BCUT2D eigenvalue weighted by atomic mass is 32.2. The molecular formula is C13H17NO3S. The number of phenolic OH excluding ortho intramolecular Hbond substituents is 1. The monoisotopic (exact) mass is 267 g/mol. The van der Waals surface area contributed by atoms with Crippen LogP contribution in [0.4, 0.5) is 0 Å². The number of amides is 1. The second kappa shape index (κ2) is 5.10. The van der Waals surface area contributed by atoms with E-state index in [-0.39, 0.29) is 22.0 Å². The van der Waals surface area contributed by atoms with Crippen LogP contribution in [0.15, 0.2) is 18.2 Å². The molecule has 0 aliphatic heterocycles. The van der Waals surface area contributed by atoms with E-state index in [2.05, 4.69) is 11.6 Å². The summed E-state index contributed by atoms with van der Waals surface area (Å²) in [5, 5.41) is 12.7. The molecule has 5 heteroatoms. The maximum absolute atomic E-state index is 12.0. The number of methoxy groups -OCH3 is 1. The number of nitrogens with one attached hydrogen (secondary N) is 1. The average molecular weight is 267 g/mol. The first-order valence-corrected chi connectivity index (χ1v) is 7.04. The van der Waals surface area contributed by atoms with Crippen LogP contribution in [0.3, 0.4) is 0 Å². The number of para-hydroxylation sites is 1. The molecule has 0 aromatic heterocycles. The molecule has 0 radical (unpaired) electrons. The molecule has 1 aromatic carbocycles. The van der Waals surface area contributed by atoms with Crippen molar-refractivity contribution in [2.45, 2.75) is 17.6 Å². The average Bonchev–Trinajstić information content (AvgIpc) is 3.17. The normalized spacial score (nSPS) is 16.1. The SMILES string of the molecule is COc1cccc(C(=O)NCC2(SC)CC2)c1O. The molecule has 4 nitrogen and oxygen atoms in total. The van der Waals surface area contributed by atoms with Gasteiger partial charge in [0.2, 0.25) is 0 Å². The summed E-state index contributed by atoms with van der Waals surface area (Å²) in [5.74, 6) is -0.0492. The van der Waals surface area contributed by atoms with E-state index in [1.165, 1.54) is 7.11 Å². The molecule has 1 saturated carbocycles. The third-order valence-corrected chi connectivity index (χ3v) is 4.69. The predicted octanol–water partition coefficient (Wildman–Crippen LogP) is 2.03. The second-order valence-electron chi connectivity index (χ2n) is 4.43. The first-order chi connectivity index (χ1) is 8.62. The van der Waals surface area contributed by atoms with Gasteiger partial charge in [0.15, 0.2) is 11.5 Å². The standard InChI is InChI=1S/C13H17NO3S/c1-17-10-5-3-4-9(11(10)15)12(16)14-8-13(18-2)6-7-13/h3-5,15H,6-8H2,1-2H3,(H,14,16). The molecule has 0 spiro atoms. The lowest BCUT2D eigenvalue weighted by atomic mass is 10.1. The zero-order valence-electron chi connectivity index (χ0n) is 10.5. The van der Waals surface area contributed by atoms with Gasteiger partial charge in [0.25, 0.3) is 5.91 Å². The lowest BCUT2D eigenvalue weighted by molar-refractivity contribution is 0.0949. The molecule has 0 unspecified atom stereocenters. The summed E-state index contributed by atoms with van der Waals surface area (Å²) in [7, 11) is 1.46. The topological polar surface area (TPSA) is 58.6 Å². The molecule has 0 heterocycles. The van der Waals surface area contributed by atoms with Crippen LogP contribution in [0.25, 0.3) is 0 Å². The lowest BCUT2D eigenvalue weighted by Crippen LogP contribution is -2.31. The molecule has 0 atom stereocenters. The Morgan fingerprint density at radius 1 is 1.56 bits per heavy atom. The van der Waals surface area contributed by atoms with Crippen LogP contribution in [0.1, 0.15) is 23.2 Å². The van der Waals surface area contributed by atoms with Crippen LogP contribution in [-0.2, 0) is 0 Å². The predicted molar refractivity (Wildman–Crippen MR) is 72.5 cm³/mol. The zero-order chi connectivity index (χ0) is 13.2. The lowest BCUT2D eigenvalue weighted by Gasteiger charge is -2.14. The second-order valence-corrected chi connectivity index (χ2v) is 5.70. The first kappa shape index (κ1) is 13.1. The molecule has 0 bridgehead atoms. The number of hydrogen-bond donors (Lipinski definition) is 2. The Hall–Kier alpha value is -1.36. The molecule has 1 amide bonds. The van der Waals surface area contributed by atoms with Gasteiger partial charge in [-0.2, -0.15) is 11.8 Å². The van der Waals surface area contributed by atoms with E-state index in [1.807, 2.05) is 0 Å². The third-order valence-electron chi connectivity index (χ3n) is 3.28. The van der Waals surface area contributed by atoms with E-state index in [4.69, 9.17) is 4.74 Å². The smallest absolute Gasteiger partial charge is 0.255 e. The fourth-order valence-electron chi connectivity index (χ4n) is 1.80. The molecular weight excluding hydrogens is 250 g/mol. The van der Waals surface area contributed by atoms with E-state index in [0.29, 0.717) is 12.3 Å². The van der Waals surface area contributed by atoms with Gasteiger partial charge in [-0.1, -0.05) is 6.07 Å². The molecule has 2 rings (SSSR count).